The minimum atomic E-state index is -0.935. The number of hydrogen-bond acceptors (Lipinski definition) is 3. The Hall–Kier alpha value is -2.77. The van der Waals surface area contributed by atoms with Gasteiger partial charge in [-0.1, -0.05) is 0 Å². The molecule has 6 nitrogen and oxygen atoms in total. The number of nitrogens with zero attached hydrogens (tertiary/aromatic N) is 2. The number of anilines is 2. The van der Waals surface area contributed by atoms with E-state index in [9.17, 15) is 18.4 Å². The van der Waals surface area contributed by atoms with Crippen molar-refractivity contribution < 1.29 is 18.4 Å². The molecule has 0 saturated carbocycles. The van der Waals surface area contributed by atoms with Gasteiger partial charge in [0.15, 0.2) is 0 Å². The Labute approximate surface area is 118 Å². The lowest BCUT2D eigenvalue weighted by Gasteiger charge is -2.10. The van der Waals surface area contributed by atoms with Crippen molar-refractivity contribution in [2.24, 2.45) is 0 Å². The van der Waals surface area contributed by atoms with Crippen molar-refractivity contribution in [2.45, 2.75) is 13.5 Å². The Bertz CT molecular complexity index is 671. The standard InChI is InChI=1S/C13H12F2N4O2/c1-8(20)17-11-6-12(10(15)5-9(11)14)18-13(21)7-19-4-2-3-16-19/h2-6H,7H2,1H3,(H,17,20)(H,18,21). The number of nitrogens with one attached hydrogen (secondary N) is 2. The van der Waals surface area contributed by atoms with Crippen molar-refractivity contribution in [3.63, 3.8) is 0 Å². The van der Waals surface area contributed by atoms with Crippen molar-refractivity contribution in [1.29, 1.82) is 0 Å². The average molecular weight is 294 g/mol. The molecule has 1 heterocycles. The smallest absolute Gasteiger partial charge is 0.246 e. The third-order valence-electron chi connectivity index (χ3n) is 2.51. The molecule has 110 valence electrons. The largest absolute Gasteiger partial charge is 0.324 e. The zero-order valence-corrected chi connectivity index (χ0v) is 11.1. The van der Waals surface area contributed by atoms with Crippen LogP contribution in [0.15, 0.2) is 30.6 Å². The number of benzene rings is 1. The SMILES string of the molecule is CC(=O)Nc1cc(NC(=O)Cn2cccn2)c(F)cc1F. The number of rotatable bonds is 4. The van der Waals surface area contributed by atoms with E-state index in [4.69, 9.17) is 0 Å². The van der Waals surface area contributed by atoms with Crippen LogP contribution in [0.2, 0.25) is 0 Å². The van der Waals surface area contributed by atoms with E-state index in [2.05, 4.69) is 15.7 Å². The number of aromatic nitrogens is 2. The van der Waals surface area contributed by atoms with Crippen molar-refractivity contribution in [3.8, 4) is 0 Å². The van der Waals surface area contributed by atoms with E-state index < -0.39 is 23.4 Å². The first-order chi connectivity index (χ1) is 9.95. The Morgan fingerprint density at radius 1 is 1.19 bits per heavy atom. The molecule has 8 heteroatoms. The maximum atomic E-state index is 13.6. The highest BCUT2D eigenvalue weighted by Crippen LogP contribution is 2.23. The topological polar surface area (TPSA) is 76.0 Å². The summed E-state index contributed by atoms with van der Waals surface area (Å²) >= 11 is 0. The highest BCUT2D eigenvalue weighted by atomic mass is 19.1. The van der Waals surface area contributed by atoms with Gasteiger partial charge in [0.1, 0.15) is 18.2 Å². The molecule has 0 aliphatic heterocycles. The van der Waals surface area contributed by atoms with Gasteiger partial charge in [-0.05, 0) is 12.1 Å². The molecular weight excluding hydrogens is 282 g/mol. The molecule has 0 bridgehead atoms. The van der Waals surface area contributed by atoms with Crippen LogP contribution in [0.5, 0.6) is 0 Å². The van der Waals surface area contributed by atoms with E-state index in [0.29, 0.717) is 6.07 Å². The fourth-order valence-corrected chi connectivity index (χ4v) is 1.66. The second-order valence-electron chi connectivity index (χ2n) is 4.24. The van der Waals surface area contributed by atoms with Gasteiger partial charge in [0.2, 0.25) is 11.8 Å². The lowest BCUT2D eigenvalue weighted by atomic mass is 10.2. The van der Waals surface area contributed by atoms with Gasteiger partial charge in [0, 0.05) is 25.4 Å². The van der Waals surface area contributed by atoms with E-state index in [1.807, 2.05) is 0 Å². The minimum absolute atomic E-state index is 0.112. The van der Waals surface area contributed by atoms with Gasteiger partial charge in [-0.25, -0.2) is 8.78 Å². The summed E-state index contributed by atoms with van der Waals surface area (Å²) in [5.41, 5.74) is -0.435. The van der Waals surface area contributed by atoms with E-state index in [-0.39, 0.29) is 17.9 Å². The average Bonchev–Trinajstić information content (AvgIpc) is 2.87. The van der Waals surface area contributed by atoms with Gasteiger partial charge in [0.25, 0.3) is 0 Å². The second-order valence-corrected chi connectivity index (χ2v) is 4.24. The second kappa shape index (κ2) is 6.12. The number of halogens is 2. The van der Waals surface area contributed by atoms with Crippen LogP contribution in [0.4, 0.5) is 20.2 Å². The van der Waals surface area contributed by atoms with Crippen molar-refractivity contribution in [2.75, 3.05) is 10.6 Å². The Morgan fingerprint density at radius 2 is 1.86 bits per heavy atom. The van der Waals surface area contributed by atoms with Crippen LogP contribution in [0, 0.1) is 11.6 Å². The van der Waals surface area contributed by atoms with Crippen molar-refractivity contribution in [1.82, 2.24) is 9.78 Å². The van der Waals surface area contributed by atoms with Crippen LogP contribution in [-0.4, -0.2) is 21.6 Å². The summed E-state index contributed by atoms with van der Waals surface area (Å²) in [6.07, 6.45) is 3.07. The minimum Gasteiger partial charge on any atom is -0.324 e. The Kier molecular flexibility index (Phi) is 4.27. The van der Waals surface area contributed by atoms with Crippen LogP contribution in [0.3, 0.4) is 0 Å². The maximum absolute atomic E-state index is 13.6. The molecule has 0 atom stereocenters. The van der Waals surface area contributed by atoms with E-state index in [1.165, 1.54) is 17.8 Å². The van der Waals surface area contributed by atoms with E-state index in [1.54, 1.807) is 12.3 Å². The molecule has 2 rings (SSSR count). The highest BCUT2D eigenvalue weighted by Gasteiger charge is 2.13. The number of hydrogen-bond donors (Lipinski definition) is 2. The number of amides is 2. The predicted octanol–water partition coefficient (Wildman–Crippen LogP) is 1.76. The lowest BCUT2D eigenvalue weighted by Crippen LogP contribution is -2.20. The molecule has 0 saturated heterocycles. The van der Waals surface area contributed by atoms with Gasteiger partial charge in [-0.15, -0.1) is 0 Å². The lowest BCUT2D eigenvalue weighted by molar-refractivity contribution is -0.117. The number of carbonyl (C=O) groups excluding carboxylic acids is 2. The van der Waals surface area contributed by atoms with Gasteiger partial charge in [-0.3, -0.25) is 14.3 Å². The summed E-state index contributed by atoms with van der Waals surface area (Å²) in [7, 11) is 0. The summed E-state index contributed by atoms with van der Waals surface area (Å²) in [6, 6.07) is 3.25. The van der Waals surface area contributed by atoms with Crippen molar-refractivity contribution >= 4 is 23.2 Å². The quantitative estimate of drug-likeness (QED) is 0.902. The first-order valence-electron chi connectivity index (χ1n) is 5.99. The molecule has 0 spiro atoms. The molecule has 0 aliphatic rings. The van der Waals surface area contributed by atoms with Crippen LogP contribution in [0.1, 0.15) is 6.92 Å². The van der Waals surface area contributed by atoms with Gasteiger partial charge < -0.3 is 10.6 Å². The first kappa shape index (κ1) is 14.6. The monoisotopic (exact) mass is 294 g/mol. The third-order valence-corrected chi connectivity index (χ3v) is 2.51. The molecule has 2 amide bonds. The maximum Gasteiger partial charge on any atom is 0.246 e. The zero-order valence-electron chi connectivity index (χ0n) is 11.1. The van der Waals surface area contributed by atoms with Crippen LogP contribution in [0.25, 0.3) is 0 Å². The molecule has 1 aromatic heterocycles. The third kappa shape index (κ3) is 3.85. The van der Waals surface area contributed by atoms with Crippen molar-refractivity contribution in [3.05, 3.63) is 42.2 Å². The van der Waals surface area contributed by atoms with Gasteiger partial charge >= 0.3 is 0 Å². The molecule has 0 aliphatic carbocycles. The molecule has 0 unspecified atom stereocenters. The summed E-state index contributed by atoms with van der Waals surface area (Å²) in [5, 5.41) is 8.34. The molecule has 2 aromatic rings. The Balaban J connectivity index is 2.15. The Morgan fingerprint density at radius 3 is 2.43 bits per heavy atom. The first-order valence-corrected chi connectivity index (χ1v) is 5.99. The summed E-state index contributed by atoms with van der Waals surface area (Å²) in [6.45, 7) is 1.08. The zero-order chi connectivity index (χ0) is 15.4. The number of carbonyl (C=O) groups is 2. The normalized spacial score (nSPS) is 10.2. The molecular formula is C13H12F2N4O2. The predicted molar refractivity (Wildman–Crippen MR) is 71.5 cm³/mol. The van der Waals surface area contributed by atoms with E-state index >= 15 is 0 Å². The highest BCUT2D eigenvalue weighted by molar-refractivity contribution is 5.93. The molecule has 1 aromatic carbocycles. The molecule has 0 radical (unpaired) electrons. The fourth-order valence-electron chi connectivity index (χ4n) is 1.66. The fraction of sp³-hybridized carbons (Fsp3) is 0.154. The van der Waals surface area contributed by atoms with Crippen LogP contribution < -0.4 is 10.6 Å². The van der Waals surface area contributed by atoms with Gasteiger partial charge in [-0.2, -0.15) is 5.10 Å². The van der Waals surface area contributed by atoms with Gasteiger partial charge in [0.05, 0.1) is 11.4 Å². The molecule has 2 N–H and O–H groups in total. The van der Waals surface area contributed by atoms with E-state index in [0.717, 1.165) is 6.07 Å². The van der Waals surface area contributed by atoms with Crippen LogP contribution >= 0.6 is 0 Å². The summed E-state index contributed by atoms with van der Waals surface area (Å²) in [4.78, 5) is 22.7. The summed E-state index contributed by atoms with van der Waals surface area (Å²) in [5.74, 6) is -2.89. The molecule has 21 heavy (non-hydrogen) atoms. The van der Waals surface area contributed by atoms with Crippen LogP contribution in [-0.2, 0) is 16.1 Å². The summed E-state index contributed by atoms with van der Waals surface area (Å²) < 4.78 is 28.4. The molecule has 0 fully saturated rings.